The lowest BCUT2D eigenvalue weighted by molar-refractivity contribution is 0.0952. The quantitative estimate of drug-likeness (QED) is 0.938. The number of nitrogens with zero attached hydrogens (tertiary/aromatic N) is 1. The van der Waals surface area contributed by atoms with Gasteiger partial charge in [-0.05, 0) is 48.3 Å². The van der Waals surface area contributed by atoms with Crippen LogP contribution in [-0.4, -0.2) is 17.6 Å². The van der Waals surface area contributed by atoms with Gasteiger partial charge in [-0.15, -0.1) is 11.3 Å². The van der Waals surface area contributed by atoms with Crippen LogP contribution in [0.1, 0.15) is 26.7 Å². The number of hydrogen-bond acceptors (Lipinski definition) is 4. The van der Waals surface area contributed by atoms with Gasteiger partial charge in [-0.2, -0.15) is 0 Å². The third-order valence-corrected chi connectivity index (χ3v) is 4.23. The fourth-order valence-electron chi connectivity index (χ4n) is 1.68. The number of carbonyl (C=O) groups is 1. The summed E-state index contributed by atoms with van der Waals surface area (Å²) < 4.78 is 6.08. The Kier molecular flexibility index (Phi) is 4.19. The summed E-state index contributed by atoms with van der Waals surface area (Å²) in [5.74, 6) is 0.436. The largest absolute Gasteiger partial charge is 0.361 e. The van der Waals surface area contributed by atoms with Gasteiger partial charge in [-0.1, -0.05) is 5.16 Å². The van der Waals surface area contributed by atoms with Crippen molar-refractivity contribution >= 4 is 33.2 Å². The lowest BCUT2D eigenvalue weighted by Gasteiger charge is -2.03. The smallest absolute Gasteiger partial charge is 0.256 e. The Morgan fingerprint density at radius 3 is 2.83 bits per heavy atom. The summed E-state index contributed by atoms with van der Waals surface area (Å²) in [6.07, 6.45) is 0.825. The van der Waals surface area contributed by atoms with Gasteiger partial charge < -0.3 is 9.84 Å². The molecule has 0 saturated heterocycles. The molecule has 2 aromatic rings. The van der Waals surface area contributed by atoms with E-state index < -0.39 is 0 Å². The molecule has 0 unspecified atom stereocenters. The molecule has 0 aromatic carbocycles. The van der Waals surface area contributed by atoms with Crippen LogP contribution < -0.4 is 5.32 Å². The SMILES string of the molecule is Cc1noc(C)c1C(=O)NCCc1ccc(Br)s1. The maximum atomic E-state index is 11.9. The monoisotopic (exact) mass is 328 g/mol. The summed E-state index contributed by atoms with van der Waals surface area (Å²) in [7, 11) is 0. The van der Waals surface area contributed by atoms with Gasteiger partial charge in [-0.25, -0.2) is 0 Å². The highest BCUT2D eigenvalue weighted by Crippen LogP contribution is 2.22. The molecule has 0 bridgehead atoms. The van der Waals surface area contributed by atoms with Crippen LogP contribution in [0.2, 0.25) is 0 Å². The van der Waals surface area contributed by atoms with Crippen LogP contribution >= 0.6 is 27.3 Å². The predicted octanol–water partition coefficient (Wildman–Crippen LogP) is 3.09. The summed E-state index contributed by atoms with van der Waals surface area (Å²) in [5.41, 5.74) is 1.17. The van der Waals surface area contributed by atoms with E-state index in [1.807, 2.05) is 6.07 Å². The van der Waals surface area contributed by atoms with Crippen LogP contribution in [-0.2, 0) is 6.42 Å². The van der Waals surface area contributed by atoms with Crippen LogP contribution in [0.5, 0.6) is 0 Å². The maximum Gasteiger partial charge on any atom is 0.256 e. The van der Waals surface area contributed by atoms with Gasteiger partial charge in [0.25, 0.3) is 5.91 Å². The second kappa shape index (κ2) is 5.67. The predicted molar refractivity (Wildman–Crippen MR) is 74.0 cm³/mol. The topological polar surface area (TPSA) is 55.1 Å². The highest BCUT2D eigenvalue weighted by atomic mass is 79.9. The Balaban J connectivity index is 1.89. The molecule has 0 aliphatic heterocycles. The summed E-state index contributed by atoms with van der Waals surface area (Å²) in [6, 6.07) is 4.06. The van der Waals surface area contributed by atoms with Crippen molar-refractivity contribution in [2.24, 2.45) is 0 Å². The Morgan fingerprint density at radius 2 is 2.28 bits per heavy atom. The number of aryl methyl sites for hydroxylation is 2. The lowest BCUT2D eigenvalue weighted by Crippen LogP contribution is -2.26. The van der Waals surface area contributed by atoms with E-state index in [9.17, 15) is 4.79 Å². The van der Waals surface area contributed by atoms with Crippen molar-refractivity contribution in [1.82, 2.24) is 10.5 Å². The number of rotatable bonds is 4. The Hall–Kier alpha value is -1.14. The van der Waals surface area contributed by atoms with Crippen LogP contribution in [0, 0.1) is 13.8 Å². The van der Waals surface area contributed by atoms with Crippen molar-refractivity contribution in [3.63, 3.8) is 0 Å². The molecular weight excluding hydrogens is 316 g/mol. The molecule has 6 heteroatoms. The molecule has 18 heavy (non-hydrogen) atoms. The second-order valence-electron chi connectivity index (χ2n) is 3.91. The summed E-state index contributed by atoms with van der Waals surface area (Å²) in [6.45, 7) is 4.11. The van der Waals surface area contributed by atoms with E-state index >= 15 is 0 Å². The molecule has 0 aliphatic rings. The van der Waals surface area contributed by atoms with E-state index in [0.29, 0.717) is 23.6 Å². The van der Waals surface area contributed by atoms with E-state index in [-0.39, 0.29) is 5.91 Å². The van der Waals surface area contributed by atoms with Gasteiger partial charge in [0, 0.05) is 11.4 Å². The highest BCUT2D eigenvalue weighted by Gasteiger charge is 2.16. The number of aromatic nitrogens is 1. The van der Waals surface area contributed by atoms with Gasteiger partial charge >= 0.3 is 0 Å². The van der Waals surface area contributed by atoms with Gasteiger partial charge in [0.2, 0.25) is 0 Å². The van der Waals surface area contributed by atoms with Crippen molar-refractivity contribution in [3.05, 3.63) is 37.8 Å². The van der Waals surface area contributed by atoms with Gasteiger partial charge in [0.1, 0.15) is 11.3 Å². The first-order chi connectivity index (χ1) is 8.58. The fourth-order valence-corrected chi connectivity index (χ4v) is 3.16. The molecule has 2 aromatic heterocycles. The maximum absolute atomic E-state index is 11.9. The normalized spacial score (nSPS) is 10.6. The van der Waals surface area contributed by atoms with Crippen molar-refractivity contribution in [2.75, 3.05) is 6.54 Å². The number of nitrogens with one attached hydrogen (secondary N) is 1. The zero-order chi connectivity index (χ0) is 13.1. The first-order valence-electron chi connectivity index (χ1n) is 5.53. The molecule has 2 rings (SSSR count). The third kappa shape index (κ3) is 3.00. The van der Waals surface area contributed by atoms with Crippen molar-refractivity contribution < 1.29 is 9.32 Å². The molecule has 0 spiro atoms. The fraction of sp³-hybridized carbons (Fsp3) is 0.333. The van der Waals surface area contributed by atoms with E-state index in [4.69, 9.17) is 4.52 Å². The first-order valence-corrected chi connectivity index (χ1v) is 7.14. The summed E-state index contributed by atoms with van der Waals surface area (Å²) in [4.78, 5) is 13.2. The highest BCUT2D eigenvalue weighted by molar-refractivity contribution is 9.11. The molecule has 0 aliphatic carbocycles. The van der Waals surface area contributed by atoms with E-state index in [2.05, 4.69) is 32.5 Å². The average Bonchev–Trinajstić information content (AvgIpc) is 2.86. The molecule has 0 saturated carbocycles. The standard InChI is InChI=1S/C12H13BrN2O2S/c1-7-11(8(2)17-15-7)12(16)14-6-5-9-3-4-10(13)18-9/h3-4H,5-6H2,1-2H3,(H,14,16). The van der Waals surface area contributed by atoms with Gasteiger partial charge in [0.15, 0.2) is 0 Å². The first kappa shape index (κ1) is 13.3. The zero-order valence-corrected chi connectivity index (χ0v) is 12.5. The average molecular weight is 329 g/mol. The Labute approximate surface area is 117 Å². The van der Waals surface area contributed by atoms with E-state index in [1.165, 1.54) is 4.88 Å². The minimum atomic E-state index is -0.123. The van der Waals surface area contributed by atoms with Crippen molar-refractivity contribution in [3.8, 4) is 0 Å². The van der Waals surface area contributed by atoms with Crippen molar-refractivity contribution in [1.29, 1.82) is 0 Å². The zero-order valence-electron chi connectivity index (χ0n) is 10.1. The molecule has 0 fully saturated rings. The molecule has 2 heterocycles. The molecule has 96 valence electrons. The number of hydrogen-bond donors (Lipinski definition) is 1. The van der Waals surface area contributed by atoms with Crippen LogP contribution in [0.3, 0.4) is 0 Å². The van der Waals surface area contributed by atoms with E-state index in [1.54, 1.807) is 25.2 Å². The lowest BCUT2D eigenvalue weighted by atomic mass is 10.2. The summed E-state index contributed by atoms with van der Waals surface area (Å²) in [5, 5.41) is 6.64. The van der Waals surface area contributed by atoms with Crippen LogP contribution in [0.25, 0.3) is 0 Å². The third-order valence-electron chi connectivity index (χ3n) is 2.55. The van der Waals surface area contributed by atoms with Crippen molar-refractivity contribution in [2.45, 2.75) is 20.3 Å². The van der Waals surface area contributed by atoms with Gasteiger partial charge in [0.05, 0.1) is 9.48 Å². The molecular formula is C12H13BrN2O2S. The number of thiophene rings is 1. The molecule has 0 radical (unpaired) electrons. The Bertz CT molecular complexity index is 543. The minimum absolute atomic E-state index is 0.123. The minimum Gasteiger partial charge on any atom is -0.361 e. The second-order valence-corrected chi connectivity index (χ2v) is 6.46. The molecule has 4 nitrogen and oxygen atoms in total. The van der Waals surface area contributed by atoms with E-state index in [0.717, 1.165) is 10.2 Å². The van der Waals surface area contributed by atoms with Gasteiger partial charge in [-0.3, -0.25) is 4.79 Å². The molecule has 1 N–H and O–H groups in total. The number of halogens is 1. The Morgan fingerprint density at radius 1 is 1.50 bits per heavy atom. The number of amides is 1. The van der Waals surface area contributed by atoms with Crippen LogP contribution in [0.4, 0.5) is 0 Å². The molecule has 1 amide bonds. The number of carbonyl (C=O) groups excluding carboxylic acids is 1. The van der Waals surface area contributed by atoms with Crippen LogP contribution in [0.15, 0.2) is 20.4 Å². The summed E-state index contributed by atoms with van der Waals surface area (Å²) >= 11 is 5.09. The molecule has 0 atom stereocenters.